The van der Waals surface area contributed by atoms with Crippen LogP contribution in [-0.2, 0) is 22.4 Å². The summed E-state index contributed by atoms with van der Waals surface area (Å²) in [6.45, 7) is 7.61. The van der Waals surface area contributed by atoms with Gasteiger partial charge in [-0.15, -0.1) is 11.5 Å². The maximum absolute atomic E-state index is 10.8. The number of hydrogen-bond donors (Lipinski definition) is 0. The summed E-state index contributed by atoms with van der Waals surface area (Å²) < 4.78 is 0. The van der Waals surface area contributed by atoms with Gasteiger partial charge in [0.15, 0.2) is 0 Å². The minimum absolute atomic E-state index is 0. The largest absolute Gasteiger partial charge is 2.00 e. The van der Waals surface area contributed by atoms with Crippen molar-refractivity contribution < 1.29 is 32.6 Å². The SMILES string of the molecule is Cc1ccc([O-])c(C)c1.Cc1ccc([O-])c(C)c1.[Ta+2]. The molecule has 0 aliphatic rings. The zero-order chi connectivity index (χ0) is 13.7. The van der Waals surface area contributed by atoms with E-state index >= 15 is 0 Å². The van der Waals surface area contributed by atoms with Gasteiger partial charge in [0.2, 0.25) is 0 Å². The average Bonchev–Trinajstić information content (AvgIpc) is 2.30. The van der Waals surface area contributed by atoms with Crippen LogP contribution in [0.4, 0.5) is 0 Å². The molecular weight excluding hydrogens is 405 g/mol. The molecule has 2 rings (SSSR count). The first-order chi connectivity index (χ1) is 8.40. The molecular formula is C16H18O2Ta. The molecule has 0 heterocycles. The Hall–Kier alpha value is -1.22. The van der Waals surface area contributed by atoms with Crippen LogP contribution in [0.5, 0.6) is 11.5 Å². The van der Waals surface area contributed by atoms with Crippen LogP contribution in [0.1, 0.15) is 22.3 Å². The van der Waals surface area contributed by atoms with Gasteiger partial charge in [-0.2, -0.15) is 0 Å². The van der Waals surface area contributed by atoms with Crippen molar-refractivity contribution in [3.63, 3.8) is 0 Å². The molecule has 0 amide bonds. The molecule has 0 unspecified atom stereocenters. The second-order valence-corrected chi connectivity index (χ2v) is 4.54. The van der Waals surface area contributed by atoms with Crippen LogP contribution >= 0.6 is 0 Å². The number of hydrogen-bond acceptors (Lipinski definition) is 2. The third kappa shape index (κ3) is 5.97. The molecule has 99 valence electrons. The molecule has 3 heteroatoms. The fourth-order valence-corrected chi connectivity index (χ4v) is 1.60. The summed E-state index contributed by atoms with van der Waals surface area (Å²) in [6, 6.07) is 10.6. The Labute approximate surface area is 130 Å². The standard InChI is InChI=1S/2C8H10O.Ta/c2*1-6-3-4-8(9)7(2)5-6;/h2*3-5,9H,1-2H3;/q;;+2/p-2. The van der Waals surface area contributed by atoms with Gasteiger partial charge in [-0.1, -0.05) is 58.7 Å². The molecule has 0 N–H and O–H groups in total. The molecule has 0 saturated heterocycles. The van der Waals surface area contributed by atoms with Gasteiger partial charge in [-0.25, -0.2) is 0 Å². The van der Waals surface area contributed by atoms with Gasteiger partial charge in [-0.05, 0) is 27.7 Å². The van der Waals surface area contributed by atoms with Crippen molar-refractivity contribution in [3.05, 3.63) is 58.7 Å². The summed E-state index contributed by atoms with van der Waals surface area (Å²) in [7, 11) is 0. The van der Waals surface area contributed by atoms with Crippen LogP contribution in [0, 0.1) is 27.7 Å². The monoisotopic (exact) mass is 423 g/mol. The van der Waals surface area contributed by atoms with Gasteiger partial charge in [0, 0.05) is 0 Å². The molecule has 0 aromatic heterocycles. The molecule has 1 radical (unpaired) electrons. The Kier molecular flexibility index (Phi) is 7.54. The third-order valence-corrected chi connectivity index (χ3v) is 2.66. The molecule has 0 aliphatic heterocycles. The van der Waals surface area contributed by atoms with E-state index in [-0.39, 0.29) is 33.9 Å². The summed E-state index contributed by atoms with van der Waals surface area (Å²) >= 11 is 0. The third-order valence-electron chi connectivity index (χ3n) is 2.66. The second-order valence-electron chi connectivity index (χ2n) is 4.54. The van der Waals surface area contributed by atoms with E-state index < -0.39 is 0 Å². The average molecular weight is 423 g/mol. The maximum Gasteiger partial charge on any atom is 2.00 e. The predicted molar refractivity (Wildman–Crippen MR) is 70.7 cm³/mol. The summed E-state index contributed by atoms with van der Waals surface area (Å²) in [4.78, 5) is 0. The van der Waals surface area contributed by atoms with E-state index in [1.54, 1.807) is 12.1 Å². The van der Waals surface area contributed by atoms with E-state index in [2.05, 4.69) is 0 Å². The first kappa shape index (κ1) is 17.8. The van der Waals surface area contributed by atoms with Crippen LogP contribution in [0.15, 0.2) is 36.4 Å². The van der Waals surface area contributed by atoms with Crippen molar-refractivity contribution in [1.82, 2.24) is 0 Å². The Morgan fingerprint density at radius 1 is 0.632 bits per heavy atom. The quantitative estimate of drug-likeness (QED) is 0.655. The molecule has 19 heavy (non-hydrogen) atoms. The van der Waals surface area contributed by atoms with Crippen molar-refractivity contribution in [2.45, 2.75) is 27.7 Å². The van der Waals surface area contributed by atoms with Crippen molar-refractivity contribution in [1.29, 1.82) is 0 Å². The Morgan fingerprint density at radius 3 is 1.16 bits per heavy atom. The van der Waals surface area contributed by atoms with E-state index in [1.807, 2.05) is 52.0 Å². The molecule has 0 bridgehead atoms. The summed E-state index contributed by atoms with van der Waals surface area (Å²) in [5.41, 5.74) is 3.95. The molecule has 0 saturated carbocycles. The molecule has 2 aromatic rings. The molecule has 0 spiro atoms. The van der Waals surface area contributed by atoms with Gasteiger partial charge >= 0.3 is 22.4 Å². The van der Waals surface area contributed by atoms with Crippen molar-refractivity contribution in [2.24, 2.45) is 0 Å². The van der Waals surface area contributed by atoms with Crippen LogP contribution in [0.25, 0.3) is 0 Å². The molecule has 0 atom stereocenters. The Morgan fingerprint density at radius 2 is 0.947 bits per heavy atom. The van der Waals surface area contributed by atoms with E-state index in [0.29, 0.717) is 0 Å². The van der Waals surface area contributed by atoms with E-state index in [0.717, 1.165) is 22.3 Å². The van der Waals surface area contributed by atoms with Gasteiger partial charge in [0.1, 0.15) is 0 Å². The van der Waals surface area contributed by atoms with Gasteiger partial charge in [0.05, 0.1) is 0 Å². The fourth-order valence-electron chi connectivity index (χ4n) is 1.60. The zero-order valence-electron chi connectivity index (χ0n) is 11.7. The number of benzene rings is 2. The smallest absolute Gasteiger partial charge is 0.872 e. The number of aryl methyl sites for hydroxylation is 4. The summed E-state index contributed by atoms with van der Waals surface area (Å²) in [5.74, 6) is 0.251. The summed E-state index contributed by atoms with van der Waals surface area (Å²) in [5, 5.41) is 21.5. The second kappa shape index (κ2) is 8.05. The van der Waals surface area contributed by atoms with Crippen LogP contribution < -0.4 is 10.2 Å². The Bertz CT molecular complexity index is 487. The molecule has 0 aliphatic carbocycles. The minimum atomic E-state index is 0. The Balaban J connectivity index is 0.000000324. The molecule has 2 aromatic carbocycles. The number of rotatable bonds is 0. The predicted octanol–water partition coefficient (Wildman–Crippen LogP) is 2.75. The van der Waals surface area contributed by atoms with Gasteiger partial charge < -0.3 is 10.2 Å². The van der Waals surface area contributed by atoms with Crippen molar-refractivity contribution >= 4 is 0 Å². The summed E-state index contributed by atoms with van der Waals surface area (Å²) in [6.07, 6.45) is 0. The zero-order valence-corrected chi connectivity index (χ0v) is 14.9. The maximum atomic E-state index is 10.8. The van der Waals surface area contributed by atoms with E-state index in [4.69, 9.17) is 0 Å². The van der Waals surface area contributed by atoms with Gasteiger partial charge in [-0.3, -0.25) is 0 Å². The van der Waals surface area contributed by atoms with E-state index in [9.17, 15) is 10.2 Å². The van der Waals surface area contributed by atoms with Crippen LogP contribution in [0.3, 0.4) is 0 Å². The first-order valence-electron chi connectivity index (χ1n) is 5.88. The van der Waals surface area contributed by atoms with Crippen LogP contribution in [-0.4, -0.2) is 0 Å². The van der Waals surface area contributed by atoms with E-state index in [1.165, 1.54) is 0 Å². The minimum Gasteiger partial charge on any atom is -0.872 e. The van der Waals surface area contributed by atoms with Gasteiger partial charge in [0.25, 0.3) is 0 Å². The topological polar surface area (TPSA) is 46.1 Å². The van der Waals surface area contributed by atoms with Crippen molar-refractivity contribution in [2.75, 3.05) is 0 Å². The van der Waals surface area contributed by atoms with Crippen LogP contribution in [0.2, 0.25) is 0 Å². The normalized spacial score (nSPS) is 9.05. The fraction of sp³-hybridized carbons (Fsp3) is 0.250. The molecule has 0 fully saturated rings. The molecule has 2 nitrogen and oxygen atoms in total. The van der Waals surface area contributed by atoms with Crippen molar-refractivity contribution in [3.8, 4) is 11.5 Å². The first-order valence-corrected chi connectivity index (χ1v) is 5.88.